The Bertz CT molecular complexity index is 761. The van der Waals surface area contributed by atoms with E-state index in [1.807, 2.05) is 17.0 Å². The van der Waals surface area contributed by atoms with Crippen LogP contribution in [0.4, 0.5) is 0 Å². The van der Waals surface area contributed by atoms with Crippen molar-refractivity contribution in [2.45, 2.75) is 44.8 Å². The zero-order valence-electron chi connectivity index (χ0n) is 15.6. The first-order valence-corrected chi connectivity index (χ1v) is 9.33. The summed E-state index contributed by atoms with van der Waals surface area (Å²) in [4.78, 5) is 19.8. The molecule has 8 heteroatoms. The Hall–Kier alpha value is -1.34. The Morgan fingerprint density at radius 3 is 2.89 bits per heavy atom. The molecular formula is C19H28Cl2N4O2. The van der Waals surface area contributed by atoms with Gasteiger partial charge >= 0.3 is 0 Å². The molecule has 1 aromatic carbocycles. The van der Waals surface area contributed by atoms with Crippen LogP contribution < -0.4 is 5.32 Å². The van der Waals surface area contributed by atoms with Gasteiger partial charge in [0.15, 0.2) is 0 Å². The van der Waals surface area contributed by atoms with Crippen LogP contribution in [-0.2, 0) is 16.1 Å². The van der Waals surface area contributed by atoms with Gasteiger partial charge in [0.2, 0.25) is 5.91 Å². The molecule has 0 spiro atoms. The number of nitrogens with zero attached hydrogens (tertiary/aromatic N) is 3. The van der Waals surface area contributed by atoms with Gasteiger partial charge in [-0.25, -0.2) is 4.98 Å². The molecule has 6 nitrogen and oxygen atoms in total. The quantitative estimate of drug-likeness (QED) is 0.835. The molecule has 27 heavy (non-hydrogen) atoms. The minimum absolute atomic E-state index is 0. The maximum atomic E-state index is 12.9. The number of benzene rings is 1. The lowest BCUT2D eigenvalue weighted by Crippen LogP contribution is -2.45. The lowest BCUT2D eigenvalue weighted by Gasteiger charge is -2.29. The van der Waals surface area contributed by atoms with Gasteiger partial charge in [0.25, 0.3) is 0 Å². The van der Waals surface area contributed by atoms with Crippen molar-refractivity contribution in [2.24, 2.45) is 0 Å². The van der Waals surface area contributed by atoms with Crippen molar-refractivity contribution in [3.05, 3.63) is 30.1 Å². The third-order valence-electron chi connectivity index (χ3n) is 5.29. The first-order chi connectivity index (χ1) is 12.3. The molecule has 2 unspecified atom stereocenters. The average molecular weight is 415 g/mol. The Morgan fingerprint density at radius 1 is 1.33 bits per heavy atom. The van der Waals surface area contributed by atoms with E-state index in [-0.39, 0.29) is 42.8 Å². The molecule has 1 amide bonds. The zero-order valence-corrected chi connectivity index (χ0v) is 17.2. The van der Waals surface area contributed by atoms with Gasteiger partial charge in [-0.05, 0) is 31.9 Å². The van der Waals surface area contributed by atoms with Gasteiger partial charge < -0.3 is 19.5 Å². The van der Waals surface area contributed by atoms with Crippen LogP contribution in [-0.4, -0.2) is 52.7 Å². The van der Waals surface area contributed by atoms with Crippen LogP contribution in [0.25, 0.3) is 11.0 Å². The number of morpholine rings is 1. The molecule has 2 atom stereocenters. The summed E-state index contributed by atoms with van der Waals surface area (Å²) in [6.45, 7) is 6.01. The highest BCUT2D eigenvalue weighted by molar-refractivity contribution is 5.85. The molecule has 2 aromatic rings. The standard InChI is InChI=1S/C19H26N4O2.2ClH/c1-2-22-16-7-4-3-6-15(16)21-19(22)17-8-5-10-23(17)18(24)12-14-13-25-11-9-20-14;;/h3-4,6-7,14,17,20H,2,5,8-13H2,1H3;2*1H. The monoisotopic (exact) mass is 414 g/mol. The summed E-state index contributed by atoms with van der Waals surface area (Å²) in [5, 5.41) is 3.38. The molecule has 2 aliphatic rings. The second kappa shape index (κ2) is 9.73. The van der Waals surface area contributed by atoms with E-state index in [4.69, 9.17) is 9.72 Å². The number of carbonyl (C=O) groups is 1. The summed E-state index contributed by atoms with van der Waals surface area (Å²) in [6.07, 6.45) is 2.53. The number of likely N-dealkylation sites (tertiary alicyclic amines) is 1. The Morgan fingerprint density at radius 2 is 2.15 bits per heavy atom. The van der Waals surface area contributed by atoms with Crippen molar-refractivity contribution in [2.75, 3.05) is 26.3 Å². The molecule has 2 fully saturated rings. The second-order valence-corrected chi connectivity index (χ2v) is 6.88. The van der Waals surface area contributed by atoms with E-state index < -0.39 is 0 Å². The lowest BCUT2D eigenvalue weighted by molar-refractivity contribution is -0.133. The highest BCUT2D eigenvalue weighted by Crippen LogP contribution is 2.34. The minimum atomic E-state index is 0. The topological polar surface area (TPSA) is 59.4 Å². The number of ether oxygens (including phenoxy) is 1. The summed E-state index contributed by atoms with van der Waals surface area (Å²) in [7, 11) is 0. The van der Waals surface area contributed by atoms with Crippen LogP contribution in [0, 0.1) is 0 Å². The number of para-hydroxylation sites is 2. The Labute approximate surface area is 172 Å². The SMILES string of the molecule is CCn1c(C2CCCN2C(=O)CC2COCCN2)nc2ccccc21.Cl.Cl. The molecule has 1 aromatic heterocycles. The first kappa shape index (κ1) is 22.0. The fourth-order valence-electron chi connectivity index (χ4n) is 4.09. The van der Waals surface area contributed by atoms with Gasteiger partial charge in [-0.3, -0.25) is 4.79 Å². The molecule has 1 N–H and O–H groups in total. The summed E-state index contributed by atoms with van der Waals surface area (Å²) < 4.78 is 7.74. The fourth-order valence-corrected chi connectivity index (χ4v) is 4.09. The molecule has 0 aliphatic carbocycles. The largest absolute Gasteiger partial charge is 0.378 e. The van der Waals surface area contributed by atoms with Crippen LogP contribution >= 0.6 is 24.8 Å². The third kappa shape index (κ3) is 4.40. The second-order valence-electron chi connectivity index (χ2n) is 6.88. The summed E-state index contributed by atoms with van der Waals surface area (Å²) >= 11 is 0. The van der Waals surface area contributed by atoms with E-state index >= 15 is 0 Å². The van der Waals surface area contributed by atoms with Crippen LogP contribution in [0.2, 0.25) is 0 Å². The number of amides is 1. The number of halogens is 2. The summed E-state index contributed by atoms with van der Waals surface area (Å²) in [5.41, 5.74) is 2.17. The van der Waals surface area contributed by atoms with Crippen LogP contribution in [0.3, 0.4) is 0 Å². The van der Waals surface area contributed by atoms with Gasteiger partial charge in [0.1, 0.15) is 5.82 Å². The van der Waals surface area contributed by atoms with Gasteiger partial charge in [-0.2, -0.15) is 0 Å². The van der Waals surface area contributed by atoms with E-state index in [2.05, 4.69) is 28.9 Å². The molecule has 3 heterocycles. The van der Waals surface area contributed by atoms with Gasteiger partial charge in [-0.1, -0.05) is 12.1 Å². The normalized spacial score (nSPS) is 22.3. The lowest BCUT2D eigenvalue weighted by atomic mass is 10.1. The number of hydrogen-bond donors (Lipinski definition) is 1. The zero-order chi connectivity index (χ0) is 17.2. The average Bonchev–Trinajstić information content (AvgIpc) is 3.26. The molecule has 0 radical (unpaired) electrons. The van der Waals surface area contributed by atoms with E-state index in [0.29, 0.717) is 13.0 Å². The fraction of sp³-hybridized carbons (Fsp3) is 0.579. The number of fused-ring (bicyclic) bond motifs is 1. The smallest absolute Gasteiger partial charge is 0.224 e. The predicted octanol–water partition coefficient (Wildman–Crippen LogP) is 2.94. The molecule has 4 rings (SSSR count). The molecular weight excluding hydrogens is 387 g/mol. The number of rotatable bonds is 4. The summed E-state index contributed by atoms with van der Waals surface area (Å²) in [6, 6.07) is 8.45. The van der Waals surface area contributed by atoms with Crippen molar-refractivity contribution in [3.8, 4) is 0 Å². The first-order valence-electron chi connectivity index (χ1n) is 9.33. The van der Waals surface area contributed by atoms with Gasteiger partial charge in [0, 0.05) is 32.1 Å². The Balaban J connectivity index is 0.00000131. The minimum Gasteiger partial charge on any atom is -0.378 e. The van der Waals surface area contributed by atoms with Crippen LogP contribution in [0.15, 0.2) is 24.3 Å². The number of aryl methyl sites for hydroxylation is 1. The van der Waals surface area contributed by atoms with E-state index in [1.54, 1.807) is 0 Å². The van der Waals surface area contributed by atoms with E-state index in [1.165, 1.54) is 0 Å². The van der Waals surface area contributed by atoms with Gasteiger partial charge in [-0.15, -0.1) is 24.8 Å². The number of nitrogens with one attached hydrogen (secondary N) is 1. The molecule has 0 saturated carbocycles. The molecule has 2 saturated heterocycles. The van der Waals surface area contributed by atoms with E-state index in [0.717, 1.165) is 55.9 Å². The summed E-state index contributed by atoms with van der Waals surface area (Å²) in [5.74, 6) is 1.24. The highest BCUT2D eigenvalue weighted by Gasteiger charge is 2.34. The van der Waals surface area contributed by atoms with Gasteiger partial charge in [0.05, 0.1) is 30.3 Å². The van der Waals surface area contributed by atoms with Crippen molar-refractivity contribution in [1.29, 1.82) is 0 Å². The number of imidazole rings is 1. The molecule has 150 valence electrons. The van der Waals surface area contributed by atoms with Crippen LogP contribution in [0.5, 0.6) is 0 Å². The highest BCUT2D eigenvalue weighted by atomic mass is 35.5. The van der Waals surface area contributed by atoms with Crippen molar-refractivity contribution in [3.63, 3.8) is 0 Å². The Kier molecular flexibility index (Phi) is 7.91. The number of aromatic nitrogens is 2. The van der Waals surface area contributed by atoms with Crippen molar-refractivity contribution >= 4 is 41.8 Å². The third-order valence-corrected chi connectivity index (χ3v) is 5.29. The van der Waals surface area contributed by atoms with Crippen molar-refractivity contribution < 1.29 is 9.53 Å². The predicted molar refractivity (Wildman–Crippen MR) is 111 cm³/mol. The van der Waals surface area contributed by atoms with Crippen LogP contribution in [0.1, 0.15) is 38.1 Å². The molecule has 2 aliphatic heterocycles. The van der Waals surface area contributed by atoms with Crippen molar-refractivity contribution in [1.82, 2.24) is 19.8 Å². The number of hydrogen-bond acceptors (Lipinski definition) is 4. The van der Waals surface area contributed by atoms with E-state index in [9.17, 15) is 4.79 Å². The molecule has 0 bridgehead atoms. The maximum Gasteiger partial charge on any atom is 0.224 e. The number of carbonyl (C=O) groups excluding carboxylic acids is 1. The maximum absolute atomic E-state index is 12.9.